The lowest BCUT2D eigenvalue weighted by Crippen LogP contribution is -2.26. The molecule has 1 aromatic heterocycles. The number of methoxy groups -OCH3 is 1. The zero-order valence-corrected chi connectivity index (χ0v) is 13.5. The molecule has 0 aliphatic carbocycles. The Morgan fingerprint density at radius 1 is 1.24 bits per heavy atom. The summed E-state index contributed by atoms with van der Waals surface area (Å²) in [4.78, 5) is 22.8. The van der Waals surface area contributed by atoms with Crippen molar-refractivity contribution in [1.29, 1.82) is 0 Å². The first-order chi connectivity index (χ1) is 12.1. The molecule has 0 saturated carbocycles. The number of carbonyl (C=O) groups is 1. The number of carbonyl (C=O) groups excluding carboxylic acids is 1. The molecule has 0 aliphatic heterocycles. The number of amides is 1. The minimum absolute atomic E-state index is 0.0334. The van der Waals surface area contributed by atoms with Gasteiger partial charge in [0, 0.05) is 24.4 Å². The zero-order chi connectivity index (χ0) is 17.8. The van der Waals surface area contributed by atoms with E-state index in [1.165, 1.54) is 25.3 Å². The van der Waals surface area contributed by atoms with Gasteiger partial charge in [-0.05, 0) is 24.3 Å². The molecule has 0 unspecified atom stereocenters. The summed E-state index contributed by atoms with van der Waals surface area (Å²) in [5, 5.41) is 14.8. The lowest BCUT2D eigenvalue weighted by Gasteiger charge is -2.07. The lowest BCUT2D eigenvalue weighted by atomic mass is 10.1. The van der Waals surface area contributed by atoms with E-state index in [1.807, 2.05) is 30.3 Å². The lowest BCUT2D eigenvalue weighted by molar-refractivity contribution is -0.385. The Hall–Kier alpha value is -3.35. The maximum absolute atomic E-state index is 12.3. The van der Waals surface area contributed by atoms with Gasteiger partial charge in [-0.15, -0.1) is 0 Å². The van der Waals surface area contributed by atoms with Crippen LogP contribution in [0.25, 0.3) is 11.0 Å². The summed E-state index contributed by atoms with van der Waals surface area (Å²) in [6.45, 7) is 0.299. The standard InChI is InChI=1S/C18H16N2O5/c1-24-13-6-7-16(20(22)23)15(11-13)18(21)19-9-8-14-10-12-4-2-3-5-17(12)25-14/h2-7,10-11H,8-9H2,1H3,(H,19,21). The van der Waals surface area contributed by atoms with Crippen molar-refractivity contribution in [3.8, 4) is 5.75 Å². The van der Waals surface area contributed by atoms with Gasteiger partial charge in [-0.1, -0.05) is 18.2 Å². The van der Waals surface area contributed by atoms with Crippen molar-refractivity contribution in [2.24, 2.45) is 0 Å². The third kappa shape index (κ3) is 3.60. The highest BCUT2D eigenvalue weighted by Gasteiger charge is 2.20. The molecule has 0 spiro atoms. The maximum atomic E-state index is 12.3. The molecule has 1 heterocycles. The molecule has 1 amide bonds. The average molecular weight is 340 g/mol. The van der Waals surface area contributed by atoms with Crippen LogP contribution in [-0.2, 0) is 6.42 Å². The van der Waals surface area contributed by atoms with Crippen LogP contribution in [0.4, 0.5) is 5.69 Å². The van der Waals surface area contributed by atoms with E-state index in [0.29, 0.717) is 18.7 Å². The second-order valence-corrected chi connectivity index (χ2v) is 5.40. The molecular weight excluding hydrogens is 324 g/mol. The monoisotopic (exact) mass is 340 g/mol. The highest BCUT2D eigenvalue weighted by atomic mass is 16.6. The first kappa shape index (κ1) is 16.5. The van der Waals surface area contributed by atoms with E-state index in [2.05, 4.69) is 5.32 Å². The summed E-state index contributed by atoms with van der Waals surface area (Å²) in [6.07, 6.45) is 0.484. The molecule has 1 N–H and O–H groups in total. The Balaban J connectivity index is 1.69. The second-order valence-electron chi connectivity index (χ2n) is 5.40. The normalized spacial score (nSPS) is 10.6. The van der Waals surface area contributed by atoms with Gasteiger partial charge in [0.1, 0.15) is 22.7 Å². The largest absolute Gasteiger partial charge is 0.497 e. The summed E-state index contributed by atoms with van der Waals surface area (Å²) in [7, 11) is 1.43. The van der Waals surface area contributed by atoms with E-state index in [9.17, 15) is 14.9 Å². The number of nitrogens with zero attached hydrogens (tertiary/aromatic N) is 1. The highest BCUT2D eigenvalue weighted by molar-refractivity contribution is 5.98. The van der Waals surface area contributed by atoms with Crippen LogP contribution in [0, 0.1) is 10.1 Å². The molecule has 25 heavy (non-hydrogen) atoms. The van der Waals surface area contributed by atoms with Gasteiger partial charge in [0.05, 0.1) is 12.0 Å². The van der Waals surface area contributed by atoms with Crippen molar-refractivity contribution in [3.63, 3.8) is 0 Å². The van der Waals surface area contributed by atoms with Crippen molar-refractivity contribution in [2.75, 3.05) is 13.7 Å². The molecule has 7 nitrogen and oxygen atoms in total. The van der Waals surface area contributed by atoms with Crippen LogP contribution in [0.5, 0.6) is 5.75 Å². The van der Waals surface area contributed by atoms with E-state index >= 15 is 0 Å². The van der Waals surface area contributed by atoms with Crippen LogP contribution in [0.1, 0.15) is 16.1 Å². The fourth-order valence-corrected chi connectivity index (χ4v) is 2.54. The van der Waals surface area contributed by atoms with Gasteiger partial charge in [0.2, 0.25) is 0 Å². The van der Waals surface area contributed by atoms with Crippen LogP contribution < -0.4 is 10.1 Å². The number of nitro benzene ring substituents is 1. The molecule has 0 saturated heterocycles. The second kappa shape index (κ2) is 7.04. The molecule has 0 atom stereocenters. The predicted molar refractivity (Wildman–Crippen MR) is 91.9 cm³/mol. The smallest absolute Gasteiger partial charge is 0.282 e. The van der Waals surface area contributed by atoms with Crippen LogP contribution in [0.2, 0.25) is 0 Å². The van der Waals surface area contributed by atoms with Crippen molar-refractivity contribution in [1.82, 2.24) is 5.32 Å². The van der Waals surface area contributed by atoms with Gasteiger partial charge in [-0.25, -0.2) is 0 Å². The SMILES string of the molecule is COc1ccc([N+](=O)[O-])c(C(=O)NCCc2cc3ccccc3o2)c1. The Kier molecular flexibility index (Phi) is 4.65. The fourth-order valence-electron chi connectivity index (χ4n) is 2.54. The summed E-state index contributed by atoms with van der Waals surface area (Å²) < 4.78 is 10.7. The van der Waals surface area contributed by atoms with E-state index in [-0.39, 0.29) is 11.3 Å². The summed E-state index contributed by atoms with van der Waals surface area (Å²) in [5.74, 6) is 0.594. The number of ether oxygens (including phenoxy) is 1. The first-order valence-electron chi connectivity index (χ1n) is 7.66. The third-order valence-electron chi connectivity index (χ3n) is 3.78. The van der Waals surface area contributed by atoms with Crippen LogP contribution in [0.3, 0.4) is 0 Å². The maximum Gasteiger partial charge on any atom is 0.282 e. The zero-order valence-electron chi connectivity index (χ0n) is 13.5. The highest BCUT2D eigenvalue weighted by Crippen LogP contribution is 2.24. The van der Waals surface area contributed by atoms with Crippen LogP contribution in [-0.4, -0.2) is 24.5 Å². The van der Waals surface area contributed by atoms with E-state index in [4.69, 9.17) is 9.15 Å². The summed E-state index contributed by atoms with van der Waals surface area (Å²) in [5.41, 5.74) is 0.489. The molecule has 0 fully saturated rings. The number of hydrogen-bond acceptors (Lipinski definition) is 5. The van der Waals surface area contributed by atoms with E-state index in [0.717, 1.165) is 16.7 Å². The Morgan fingerprint density at radius 3 is 2.76 bits per heavy atom. The summed E-state index contributed by atoms with van der Waals surface area (Å²) >= 11 is 0. The minimum Gasteiger partial charge on any atom is -0.497 e. The van der Waals surface area contributed by atoms with Gasteiger partial charge in [-0.2, -0.15) is 0 Å². The van der Waals surface area contributed by atoms with Crippen LogP contribution in [0.15, 0.2) is 52.9 Å². The molecule has 0 aliphatic rings. The number of fused-ring (bicyclic) bond motifs is 1. The predicted octanol–water partition coefficient (Wildman–Crippen LogP) is 3.32. The van der Waals surface area contributed by atoms with Gasteiger partial charge in [0.25, 0.3) is 11.6 Å². The average Bonchev–Trinajstić information content (AvgIpc) is 3.03. The molecule has 0 bridgehead atoms. The Morgan fingerprint density at radius 2 is 2.04 bits per heavy atom. The number of para-hydroxylation sites is 1. The number of benzene rings is 2. The fraction of sp³-hybridized carbons (Fsp3) is 0.167. The molecule has 7 heteroatoms. The molecule has 2 aromatic carbocycles. The number of rotatable bonds is 6. The number of nitro groups is 1. The quantitative estimate of drug-likeness (QED) is 0.549. The third-order valence-corrected chi connectivity index (χ3v) is 3.78. The molecule has 3 rings (SSSR count). The van der Waals surface area contributed by atoms with Crippen molar-refractivity contribution in [2.45, 2.75) is 6.42 Å². The van der Waals surface area contributed by atoms with Gasteiger partial charge in [0.15, 0.2) is 0 Å². The molecule has 3 aromatic rings. The molecule has 0 radical (unpaired) electrons. The van der Waals surface area contributed by atoms with Gasteiger partial charge < -0.3 is 14.5 Å². The van der Waals surface area contributed by atoms with Crippen molar-refractivity contribution in [3.05, 3.63) is 70.0 Å². The molecular formula is C18H16N2O5. The van der Waals surface area contributed by atoms with E-state index in [1.54, 1.807) is 0 Å². The summed E-state index contributed by atoms with van der Waals surface area (Å²) in [6, 6.07) is 13.6. The Bertz CT molecular complexity index is 899. The topological polar surface area (TPSA) is 94.6 Å². The number of furan rings is 1. The number of nitrogens with one attached hydrogen (secondary N) is 1. The van der Waals surface area contributed by atoms with E-state index < -0.39 is 10.8 Å². The van der Waals surface area contributed by atoms with Gasteiger partial charge >= 0.3 is 0 Å². The van der Waals surface area contributed by atoms with Crippen molar-refractivity contribution >= 4 is 22.6 Å². The first-order valence-corrected chi connectivity index (χ1v) is 7.66. The minimum atomic E-state index is -0.590. The van der Waals surface area contributed by atoms with Crippen LogP contribution >= 0.6 is 0 Å². The number of hydrogen-bond donors (Lipinski definition) is 1. The van der Waals surface area contributed by atoms with Gasteiger partial charge in [-0.3, -0.25) is 14.9 Å². The Labute approximate surface area is 143 Å². The molecule has 128 valence electrons. The van der Waals surface area contributed by atoms with Crippen molar-refractivity contribution < 1.29 is 18.9 Å².